The summed E-state index contributed by atoms with van der Waals surface area (Å²) >= 11 is 0. The Morgan fingerprint density at radius 3 is 2.46 bits per heavy atom. The van der Waals surface area contributed by atoms with Crippen molar-refractivity contribution in [1.29, 1.82) is 0 Å². The minimum atomic E-state index is 0.767. The topological polar surface area (TPSA) is 6.48 Å². The van der Waals surface area contributed by atoms with Crippen LogP contribution in [-0.2, 0) is 19.4 Å². The Morgan fingerprint density at radius 1 is 0.964 bits per heavy atom. The quantitative estimate of drug-likeness (QED) is 0.671. The molecule has 0 unspecified atom stereocenters. The Balaban J connectivity index is 1.41. The number of hydrogen-bond donors (Lipinski definition) is 0. The van der Waals surface area contributed by atoms with Crippen LogP contribution < -0.4 is 0 Å². The molecule has 149 valence electrons. The molecule has 0 aromatic heterocycles. The largest absolute Gasteiger partial charge is 0.300 e. The first-order valence-electron chi connectivity index (χ1n) is 11.0. The Bertz CT molecular complexity index is 778. The van der Waals surface area contributed by atoms with Crippen molar-refractivity contribution in [3.05, 3.63) is 65.1 Å². The molecule has 1 radical (unpaired) electrons. The summed E-state index contributed by atoms with van der Waals surface area (Å²) in [4.78, 5) is 5.21. The zero-order chi connectivity index (χ0) is 19.5. The van der Waals surface area contributed by atoms with E-state index < -0.39 is 0 Å². The third-order valence-electron chi connectivity index (χ3n) is 6.50. The lowest BCUT2D eigenvalue weighted by molar-refractivity contribution is 0.264. The molecule has 2 aromatic rings. The summed E-state index contributed by atoms with van der Waals surface area (Å²) in [5.74, 6) is 1.50. The maximum Gasteiger partial charge on any atom is 0.0237 e. The Morgan fingerprint density at radius 2 is 1.75 bits per heavy atom. The fourth-order valence-electron chi connectivity index (χ4n) is 4.84. The smallest absolute Gasteiger partial charge is 0.0237 e. The zero-order valence-corrected chi connectivity index (χ0v) is 17.9. The van der Waals surface area contributed by atoms with Crippen LogP contribution in [0, 0.1) is 5.92 Å². The molecule has 0 saturated carbocycles. The molecule has 2 nitrogen and oxygen atoms in total. The van der Waals surface area contributed by atoms with Crippen LogP contribution in [0.4, 0.5) is 0 Å². The van der Waals surface area contributed by atoms with E-state index in [1.807, 2.05) is 0 Å². The van der Waals surface area contributed by atoms with Gasteiger partial charge in [-0.1, -0.05) is 50.2 Å². The van der Waals surface area contributed by atoms with Gasteiger partial charge in [0.1, 0.15) is 0 Å². The average Bonchev–Trinajstić information content (AvgIpc) is 3.10. The predicted octanol–water partition coefficient (Wildman–Crippen LogP) is 5.35. The number of benzene rings is 2. The predicted molar refractivity (Wildman–Crippen MR) is 119 cm³/mol. The number of fused-ring (bicyclic) bond motifs is 1. The van der Waals surface area contributed by atoms with E-state index in [0.717, 1.165) is 25.6 Å². The third-order valence-corrected chi connectivity index (χ3v) is 6.50. The molecule has 2 heteroatoms. The minimum absolute atomic E-state index is 0.767. The molecule has 1 atom stereocenters. The van der Waals surface area contributed by atoms with E-state index in [9.17, 15) is 0 Å². The van der Waals surface area contributed by atoms with Crippen LogP contribution in [0.5, 0.6) is 0 Å². The highest BCUT2D eigenvalue weighted by atomic mass is 15.2. The maximum atomic E-state index is 2.64. The summed E-state index contributed by atoms with van der Waals surface area (Å²) < 4.78 is 0. The van der Waals surface area contributed by atoms with Crippen molar-refractivity contribution in [2.45, 2.75) is 59.0 Å². The molecule has 28 heavy (non-hydrogen) atoms. The van der Waals surface area contributed by atoms with Crippen molar-refractivity contribution in [3.8, 4) is 11.1 Å². The summed E-state index contributed by atoms with van der Waals surface area (Å²) in [7, 11) is 0. The van der Waals surface area contributed by atoms with E-state index in [1.165, 1.54) is 72.6 Å². The van der Waals surface area contributed by atoms with Gasteiger partial charge in [0.25, 0.3) is 0 Å². The molecular weight excluding hydrogens is 340 g/mol. The average molecular weight is 376 g/mol. The second-order valence-electron chi connectivity index (χ2n) is 9.13. The van der Waals surface area contributed by atoms with Gasteiger partial charge in [0, 0.05) is 32.2 Å². The van der Waals surface area contributed by atoms with Crippen LogP contribution in [0.25, 0.3) is 11.1 Å². The fraction of sp³-hybridized carbons (Fsp3) is 0.500. The fourth-order valence-corrected chi connectivity index (χ4v) is 4.84. The normalized spacial score (nSPS) is 20.6. The summed E-state index contributed by atoms with van der Waals surface area (Å²) in [5, 5.41) is 0. The molecule has 0 aliphatic carbocycles. The summed E-state index contributed by atoms with van der Waals surface area (Å²) in [6.07, 6.45) is 5.07. The standard InChI is InChI=1S/C26H35N2/c1-20(2)18-27-15-13-24-10-11-25(17-26(24)19-27)23-8-6-22(7-9-23)12-16-28-14-4-5-21(28)3/h6-11,17,21H,4-5,12-16,18-19H2,1-3H3/t21-/m1/s1. The Labute approximate surface area is 171 Å². The molecule has 2 aliphatic heterocycles. The van der Waals surface area contributed by atoms with Crippen LogP contribution in [0.2, 0.25) is 0 Å². The van der Waals surface area contributed by atoms with Crippen molar-refractivity contribution in [1.82, 2.24) is 9.80 Å². The first kappa shape index (κ1) is 19.7. The lowest BCUT2D eigenvalue weighted by atomic mass is 9.94. The maximum absolute atomic E-state index is 2.64. The molecule has 1 fully saturated rings. The molecule has 0 N–H and O–H groups in total. The van der Waals surface area contributed by atoms with Crippen LogP contribution in [0.1, 0.15) is 50.3 Å². The molecular formula is C26H35N2. The number of rotatable bonds is 6. The minimum Gasteiger partial charge on any atom is -0.300 e. The van der Waals surface area contributed by atoms with E-state index >= 15 is 0 Å². The van der Waals surface area contributed by atoms with E-state index in [0.29, 0.717) is 0 Å². The second kappa shape index (κ2) is 8.80. The number of likely N-dealkylation sites (tertiary alicyclic amines) is 1. The molecule has 0 bridgehead atoms. The molecule has 2 aliphatic rings. The zero-order valence-electron chi connectivity index (χ0n) is 17.9. The van der Waals surface area contributed by atoms with Gasteiger partial charge in [-0.25, -0.2) is 0 Å². The van der Waals surface area contributed by atoms with Crippen molar-refractivity contribution in [2.24, 2.45) is 0 Å². The first-order valence-corrected chi connectivity index (χ1v) is 11.0. The monoisotopic (exact) mass is 375 g/mol. The number of nitrogens with zero attached hydrogens (tertiary/aromatic N) is 2. The summed E-state index contributed by atoms with van der Waals surface area (Å²) in [6, 6.07) is 17.1. The molecule has 0 spiro atoms. The summed E-state index contributed by atoms with van der Waals surface area (Å²) in [5.41, 5.74) is 7.21. The van der Waals surface area contributed by atoms with Gasteiger partial charge >= 0.3 is 0 Å². The molecule has 1 saturated heterocycles. The van der Waals surface area contributed by atoms with Gasteiger partial charge in [-0.2, -0.15) is 0 Å². The SMILES string of the molecule is C[C](C)CN1CCc2ccc(-c3ccc(CCN4CCC[C@H]4C)cc3)cc2C1. The second-order valence-corrected chi connectivity index (χ2v) is 9.13. The van der Waals surface area contributed by atoms with Gasteiger partial charge in [0.15, 0.2) is 0 Å². The molecule has 2 heterocycles. The van der Waals surface area contributed by atoms with E-state index in [2.05, 4.69) is 73.0 Å². The van der Waals surface area contributed by atoms with Gasteiger partial charge in [-0.15, -0.1) is 0 Å². The first-order chi connectivity index (χ1) is 13.6. The van der Waals surface area contributed by atoms with E-state index in [-0.39, 0.29) is 0 Å². The summed E-state index contributed by atoms with van der Waals surface area (Å²) in [6.45, 7) is 12.7. The van der Waals surface area contributed by atoms with Gasteiger partial charge in [-0.05, 0) is 79.0 Å². The van der Waals surface area contributed by atoms with Crippen molar-refractivity contribution in [2.75, 3.05) is 26.2 Å². The third kappa shape index (κ3) is 4.67. The van der Waals surface area contributed by atoms with Gasteiger partial charge < -0.3 is 4.90 Å². The van der Waals surface area contributed by atoms with Crippen molar-refractivity contribution in [3.63, 3.8) is 0 Å². The molecule has 2 aromatic carbocycles. The van der Waals surface area contributed by atoms with Crippen LogP contribution >= 0.6 is 0 Å². The highest BCUT2D eigenvalue weighted by Crippen LogP contribution is 2.27. The van der Waals surface area contributed by atoms with Crippen LogP contribution in [0.3, 0.4) is 0 Å². The van der Waals surface area contributed by atoms with Crippen LogP contribution in [0.15, 0.2) is 42.5 Å². The molecule has 0 amide bonds. The number of hydrogen-bond acceptors (Lipinski definition) is 2. The van der Waals surface area contributed by atoms with Gasteiger partial charge in [0.2, 0.25) is 0 Å². The highest BCUT2D eigenvalue weighted by Gasteiger charge is 2.19. The van der Waals surface area contributed by atoms with E-state index in [4.69, 9.17) is 0 Å². The van der Waals surface area contributed by atoms with E-state index in [1.54, 1.807) is 0 Å². The highest BCUT2D eigenvalue weighted by molar-refractivity contribution is 5.65. The Kier molecular flexibility index (Phi) is 6.18. The lowest BCUT2D eigenvalue weighted by Gasteiger charge is -2.30. The van der Waals surface area contributed by atoms with Gasteiger partial charge in [-0.3, -0.25) is 4.90 Å². The molecule has 4 rings (SSSR count). The Hall–Kier alpha value is -1.64. The lowest BCUT2D eigenvalue weighted by Crippen LogP contribution is -2.32. The van der Waals surface area contributed by atoms with Gasteiger partial charge in [0.05, 0.1) is 0 Å². The van der Waals surface area contributed by atoms with Crippen molar-refractivity contribution < 1.29 is 0 Å². The van der Waals surface area contributed by atoms with Crippen molar-refractivity contribution >= 4 is 0 Å². The van der Waals surface area contributed by atoms with Crippen LogP contribution in [-0.4, -0.2) is 42.0 Å².